The van der Waals surface area contributed by atoms with Crippen LogP contribution in [0.15, 0.2) is 76.5 Å². The number of sulfonamides is 2. The molecule has 1 fully saturated rings. The van der Waals surface area contributed by atoms with E-state index < -0.39 is 26.0 Å². The molecule has 0 aliphatic carbocycles. The molecule has 1 amide bonds. The van der Waals surface area contributed by atoms with Gasteiger partial charge in [-0.25, -0.2) is 16.8 Å². The third-order valence-corrected chi connectivity index (χ3v) is 9.97. The highest BCUT2D eigenvalue weighted by molar-refractivity contribution is 7.92. The molecule has 196 valence electrons. The lowest BCUT2D eigenvalue weighted by Crippen LogP contribution is -2.29. The molecule has 1 N–H and O–H groups in total. The normalized spacial score (nSPS) is 14.4. The second-order valence-corrected chi connectivity index (χ2v) is 12.6. The van der Waals surface area contributed by atoms with Gasteiger partial charge in [0, 0.05) is 20.1 Å². The summed E-state index contributed by atoms with van der Waals surface area (Å²) in [4.78, 5) is 13.5. The molecule has 1 aliphatic rings. The fourth-order valence-corrected chi connectivity index (χ4v) is 6.91. The van der Waals surface area contributed by atoms with Crippen molar-refractivity contribution < 1.29 is 26.4 Å². The number of methoxy groups -OCH3 is 1. The van der Waals surface area contributed by atoms with E-state index in [0.29, 0.717) is 13.1 Å². The standard InChI is InChI=1S/C26H29N3O6S2/c1-19-10-12-20(13-11-19)36(31,32)28(2)24-9-5-4-8-22(24)26(30)27-23-18-21(14-15-25(23)35-3)37(33,34)29-16-6-7-17-29/h4-5,8-15,18H,6-7,16-17H2,1-3H3,(H,27,30). The zero-order valence-electron chi connectivity index (χ0n) is 20.8. The van der Waals surface area contributed by atoms with Crippen LogP contribution in [0.1, 0.15) is 28.8 Å². The second-order valence-electron chi connectivity index (χ2n) is 8.73. The summed E-state index contributed by atoms with van der Waals surface area (Å²) in [5, 5.41) is 2.71. The molecule has 1 heterocycles. The first-order valence-electron chi connectivity index (χ1n) is 11.7. The Kier molecular flexibility index (Phi) is 7.58. The smallest absolute Gasteiger partial charge is 0.264 e. The topological polar surface area (TPSA) is 113 Å². The maximum absolute atomic E-state index is 13.4. The Balaban J connectivity index is 1.67. The summed E-state index contributed by atoms with van der Waals surface area (Å²) in [7, 11) is -4.87. The number of nitrogens with one attached hydrogen (secondary N) is 1. The van der Waals surface area contributed by atoms with Crippen molar-refractivity contribution in [3.8, 4) is 5.75 Å². The van der Waals surface area contributed by atoms with E-state index in [1.807, 2.05) is 6.92 Å². The predicted molar refractivity (Wildman–Crippen MR) is 142 cm³/mol. The Morgan fingerprint density at radius 2 is 1.54 bits per heavy atom. The van der Waals surface area contributed by atoms with E-state index >= 15 is 0 Å². The monoisotopic (exact) mass is 543 g/mol. The van der Waals surface area contributed by atoms with E-state index in [4.69, 9.17) is 4.74 Å². The Morgan fingerprint density at radius 3 is 2.19 bits per heavy atom. The summed E-state index contributed by atoms with van der Waals surface area (Å²) >= 11 is 0. The van der Waals surface area contributed by atoms with Crippen LogP contribution in [0.3, 0.4) is 0 Å². The molecule has 1 saturated heterocycles. The Hall–Kier alpha value is -3.41. The lowest BCUT2D eigenvalue weighted by Gasteiger charge is -2.22. The van der Waals surface area contributed by atoms with Gasteiger partial charge < -0.3 is 10.1 Å². The summed E-state index contributed by atoms with van der Waals surface area (Å²) in [6, 6.07) is 17.0. The SMILES string of the molecule is COc1ccc(S(=O)(=O)N2CCCC2)cc1NC(=O)c1ccccc1N(C)S(=O)(=O)c1ccc(C)cc1. The number of para-hydroxylation sites is 1. The fraction of sp³-hybridized carbons (Fsp3) is 0.269. The Bertz CT molecular complexity index is 1510. The number of hydrogen-bond acceptors (Lipinski definition) is 6. The maximum atomic E-state index is 13.4. The van der Waals surface area contributed by atoms with Gasteiger partial charge >= 0.3 is 0 Å². The first-order chi connectivity index (χ1) is 17.6. The molecule has 3 aromatic rings. The first-order valence-corrected chi connectivity index (χ1v) is 14.6. The van der Waals surface area contributed by atoms with E-state index in [1.54, 1.807) is 24.3 Å². The van der Waals surface area contributed by atoms with E-state index in [9.17, 15) is 21.6 Å². The van der Waals surface area contributed by atoms with E-state index in [1.165, 1.54) is 60.9 Å². The number of nitrogens with zero attached hydrogens (tertiary/aromatic N) is 2. The number of amides is 1. The third-order valence-electron chi connectivity index (χ3n) is 6.29. The van der Waals surface area contributed by atoms with Crippen LogP contribution < -0.4 is 14.4 Å². The number of carbonyl (C=O) groups excluding carboxylic acids is 1. The van der Waals surface area contributed by atoms with Crippen molar-refractivity contribution in [2.45, 2.75) is 29.6 Å². The predicted octanol–water partition coefficient (Wildman–Crippen LogP) is 3.87. The van der Waals surface area contributed by atoms with Gasteiger partial charge in [0.25, 0.3) is 15.9 Å². The molecular formula is C26H29N3O6S2. The van der Waals surface area contributed by atoms with Crippen LogP contribution in [0.4, 0.5) is 11.4 Å². The first kappa shape index (κ1) is 26.6. The van der Waals surface area contributed by atoms with Gasteiger partial charge in [-0.05, 0) is 62.2 Å². The van der Waals surface area contributed by atoms with Gasteiger partial charge in [-0.15, -0.1) is 0 Å². The van der Waals surface area contributed by atoms with Crippen molar-refractivity contribution in [2.24, 2.45) is 0 Å². The van der Waals surface area contributed by atoms with Gasteiger partial charge in [-0.2, -0.15) is 4.31 Å². The minimum Gasteiger partial charge on any atom is -0.495 e. The van der Waals surface area contributed by atoms with Crippen LogP contribution in [0.25, 0.3) is 0 Å². The average molecular weight is 544 g/mol. The van der Waals surface area contributed by atoms with Crippen LogP contribution in [0, 0.1) is 6.92 Å². The largest absolute Gasteiger partial charge is 0.495 e. The van der Waals surface area contributed by atoms with Crippen molar-refractivity contribution >= 4 is 37.3 Å². The molecular weight excluding hydrogens is 514 g/mol. The van der Waals surface area contributed by atoms with Crippen molar-refractivity contribution in [1.29, 1.82) is 0 Å². The fourth-order valence-electron chi connectivity index (χ4n) is 4.15. The zero-order valence-corrected chi connectivity index (χ0v) is 22.5. The van der Waals surface area contributed by atoms with E-state index in [0.717, 1.165) is 22.7 Å². The summed E-state index contributed by atoms with van der Waals surface area (Å²) in [6.45, 7) is 2.76. The van der Waals surface area contributed by atoms with E-state index in [2.05, 4.69) is 5.32 Å². The molecule has 3 aromatic carbocycles. The molecule has 9 nitrogen and oxygen atoms in total. The van der Waals surface area contributed by atoms with Gasteiger partial charge in [0.05, 0.1) is 33.8 Å². The number of ether oxygens (including phenoxy) is 1. The van der Waals surface area contributed by atoms with E-state index in [-0.39, 0.29) is 32.5 Å². The number of carbonyl (C=O) groups is 1. The molecule has 0 spiro atoms. The Morgan fingerprint density at radius 1 is 0.919 bits per heavy atom. The molecule has 0 aromatic heterocycles. The van der Waals surface area contributed by atoms with Gasteiger partial charge in [-0.1, -0.05) is 29.8 Å². The zero-order chi connectivity index (χ0) is 26.8. The van der Waals surface area contributed by atoms with Crippen LogP contribution in [0.5, 0.6) is 5.75 Å². The quantitative estimate of drug-likeness (QED) is 0.462. The molecule has 0 unspecified atom stereocenters. The summed E-state index contributed by atoms with van der Waals surface area (Å²) in [5.41, 5.74) is 1.34. The third kappa shape index (κ3) is 5.34. The minimum absolute atomic E-state index is 0.0397. The van der Waals surface area contributed by atoms with Gasteiger partial charge in [-0.3, -0.25) is 9.10 Å². The van der Waals surface area contributed by atoms with Crippen LogP contribution in [0.2, 0.25) is 0 Å². The summed E-state index contributed by atoms with van der Waals surface area (Å²) in [5.74, 6) is -0.345. The van der Waals surface area contributed by atoms with Gasteiger partial charge in [0.15, 0.2) is 0 Å². The minimum atomic E-state index is -3.94. The molecule has 1 aliphatic heterocycles. The van der Waals surface area contributed by atoms with Crippen molar-refractivity contribution in [3.05, 3.63) is 77.9 Å². The molecule has 0 saturated carbocycles. The molecule has 0 radical (unpaired) electrons. The lowest BCUT2D eigenvalue weighted by molar-refractivity contribution is 0.102. The van der Waals surface area contributed by atoms with Crippen LogP contribution >= 0.6 is 0 Å². The molecule has 4 rings (SSSR count). The van der Waals surface area contributed by atoms with Crippen LogP contribution in [-0.4, -0.2) is 54.3 Å². The molecule has 0 atom stereocenters. The molecule has 0 bridgehead atoms. The summed E-state index contributed by atoms with van der Waals surface area (Å²) < 4.78 is 60.4. The second kappa shape index (κ2) is 10.5. The van der Waals surface area contributed by atoms with Gasteiger partial charge in [0.2, 0.25) is 10.0 Å². The van der Waals surface area contributed by atoms with Crippen molar-refractivity contribution in [3.63, 3.8) is 0 Å². The lowest BCUT2D eigenvalue weighted by atomic mass is 10.1. The highest BCUT2D eigenvalue weighted by atomic mass is 32.2. The highest BCUT2D eigenvalue weighted by Gasteiger charge is 2.29. The number of hydrogen-bond donors (Lipinski definition) is 1. The number of aryl methyl sites for hydroxylation is 1. The summed E-state index contributed by atoms with van der Waals surface area (Å²) in [6.07, 6.45) is 1.60. The van der Waals surface area contributed by atoms with Gasteiger partial charge in [0.1, 0.15) is 5.75 Å². The van der Waals surface area contributed by atoms with Crippen molar-refractivity contribution in [2.75, 3.05) is 36.9 Å². The van der Waals surface area contributed by atoms with Crippen LogP contribution in [-0.2, 0) is 20.0 Å². The molecule has 11 heteroatoms. The number of benzene rings is 3. The number of anilines is 2. The highest BCUT2D eigenvalue weighted by Crippen LogP contribution is 2.32. The molecule has 37 heavy (non-hydrogen) atoms. The Labute approximate surface area is 217 Å². The maximum Gasteiger partial charge on any atom is 0.264 e. The van der Waals surface area contributed by atoms with Crippen molar-refractivity contribution in [1.82, 2.24) is 4.31 Å². The average Bonchev–Trinajstić information content (AvgIpc) is 3.44. The number of rotatable bonds is 8.